The predicted molar refractivity (Wildman–Crippen MR) is 72.4 cm³/mol. The summed E-state index contributed by atoms with van der Waals surface area (Å²) in [6, 6.07) is 5.72. The first kappa shape index (κ1) is 14.2. The maximum Gasteiger partial charge on any atom is 0.243 e. The highest BCUT2D eigenvalue weighted by molar-refractivity contribution is 5.94. The van der Waals surface area contributed by atoms with Crippen LogP contribution in [-0.4, -0.2) is 18.4 Å². The average Bonchev–Trinajstić information content (AvgIpc) is 2.30. The van der Waals surface area contributed by atoms with Crippen LogP contribution in [0, 0.1) is 19.8 Å². The van der Waals surface area contributed by atoms with E-state index in [1.807, 2.05) is 32.0 Å². The second kappa shape index (κ2) is 6.19. The van der Waals surface area contributed by atoms with E-state index < -0.39 is 0 Å². The number of nitrogens with one attached hydrogen (secondary N) is 2. The van der Waals surface area contributed by atoms with Gasteiger partial charge in [-0.25, -0.2) is 0 Å². The van der Waals surface area contributed by atoms with Crippen molar-refractivity contribution in [2.45, 2.75) is 27.7 Å². The molecule has 2 N–H and O–H groups in total. The molecule has 18 heavy (non-hydrogen) atoms. The van der Waals surface area contributed by atoms with Crippen molar-refractivity contribution in [2.24, 2.45) is 5.92 Å². The SMILES string of the molecule is Cc1ccc(NC(=O)CNC(=O)C(C)C)cc1C. The first-order valence-corrected chi connectivity index (χ1v) is 6.05. The van der Waals surface area contributed by atoms with E-state index in [0.717, 1.165) is 11.3 Å². The van der Waals surface area contributed by atoms with Crippen molar-refractivity contribution >= 4 is 17.5 Å². The van der Waals surface area contributed by atoms with Crippen LogP contribution in [0.2, 0.25) is 0 Å². The Morgan fingerprint density at radius 3 is 2.39 bits per heavy atom. The molecule has 0 spiro atoms. The van der Waals surface area contributed by atoms with Gasteiger partial charge in [-0.1, -0.05) is 19.9 Å². The van der Waals surface area contributed by atoms with E-state index >= 15 is 0 Å². The van der Waals surface area contributed by atoms with Crippen LogP contribution in [0.4, 0.5) is 5.69 Å². The molecule has 1 rings (SSSR count). The van der Waals surface area contributed by atoms with Gasteiger partial charge in [0.2, 0.25) is 11.8 Å². The number of amides is 2. The molecule has 0 unspecified atom stereocenters. The largest absolute Gasteiger partial charge is 0.347 e. The quantitative estimate of drug-likeness (QED) is 0.856. The summed E-state index contributed by atoms with van der Waals surface area (Å²) in [5, 5.41) is 5.33. The van der Waals surface area contributed by atoms with E-state index in [4.69, 9.17) is 0 Å². The van der Waals surface area contributed by atoms with Crippen LogP contribution >= 0.6 is 0 Å². The minimum Gasteiger partial charge on any atom is -0.347 e. The number of carbonyl (C=O) groups is 2. The Kier molecular flexibility index (Phi) is 4.89. The summed E-state index contributed by atoms with van der Waals surface area (Å²) in [5.41, 5.74) is 3.06. The van der Waals surface area contributed by atoms with E-state index in [2.05, 4.69) is 10.6 Å². The molecular formula is C14H20N2O2. The van der Waals surface area contributed by atoms with Gasteiger partial charge in [-0.05, 0) is 37.1 Å². The third kappa shape index (κ3) is 4.20. The molecule has 0 bridgehead atoms. The van der Waals surface area contributed by atoms with Crippen molar-refractivity contribution in [1.82, 2.24) is 5.32 Å². The lowest BCUT2D eigenvalue weighted by molar-refractivity contribution is -0.126. The normalized spacial score (nSPS) is 10.3. The van der Waals surface area contributed by atoms with Gasteiger partial charge in [0, 0.05) is 11.6 Å². The number of rotatable bonds is 4. The van der Waals surface area contributed by atoms with Gasteiger partial charge in [-0.3, -0.25) is 9.59 Å². The van der Waals surface area contributed by atoms with Gasteiger partial charge in [-0.2, -0.15) is 0 Å². The molecule has 0 radical (unpaired) electrons. The minimum absolute atomic E-state index is 0.00391. The first-order chi connectivity index (χ1) is 8.40. The smallest absolute Gasteiger partial charge is 0.243 e. The first-order valence-electron chi connectivity index (χ1n) is 6.05. The van der Waals surface area contributed by atoms with Crippen molar-refractivity contribution < 1.29 is 9.59 Å². The van der Waals surface area contributed by atoms with Gasteiger partial charge < -0.3 is 10.6 Å². The number of hydrogen-bond acceptors (Lipinski definition) is 2. The minimum atomic E-state index is -0.216. The molecule has 0 atom stereocenters. The Labute approximate surface area is 108 Å². The third-order valence-corrected chi connectivity index (χ3v) is 2.74. The van der Waals surface area contributed by atoms with E-state index in [0.29, 0.717) is 0 Å². The molecule has 98 valence electrons. The van der Waals surface area contributed by atoms with Gasteiger partial charge in [0.1, 0.15) is 0 Å². The van der Waals surface area contributed by atoms with Crippen molar-refractivity contribution in [1.29, 1.82) is 0 Å². The molecule has 0 aromatic heterocycles. The molecule has 1 aromatic carbocycles. The summed E-state index contributed by atoms with van der Waals surface area (Å²) < 4.78 is 0. The molecule has 2 amide bonds. The Balaban J connectivity index is 2.49. The predicted octanol–water partition coefficient (Wildman–Crippen LogP) is 2.01. The lowest BCUT2D eigenvalue weighted by atomic mass is 10.1. The monoisotopic (exact) mass is 248 g/mol. The fraction of sp³-hybridized carbons (Fsp3) is 0.429. The summed E-state index contributed by atoms with van der Waals surface area (Å²) in [5.74, 6) is -0.447. The summed E-state index contributed by atoms with van der Waals surface area (Å²) >= 11 is 0. The molecule has 4 heteroatoms. The van der Waals surface area contributed by atoms with Crippen molar-refractivity contribution in [3.63, 3.8) is 0 Å². The van der Waals surface area contributed by atoms with E-state index in [9.17, 15) is 9.59 Å². The van der Waals surface area contributed by atoms with Gasteiger partial charge in [-0.15, -0.1) is 0 Å². The Hall–Kier alpha value is -1.84. The van der Waals surface area contributed by atoms with Crippen LogP contribution in [0.25, 0.3) is 0 Å². The highest BCUT2D eigenvalue weighted by atomic mass is 16.2. The number of aryl methyl sites for hydroxylation is 2. The Morgan fingerprint density at radius 1 is 1.17 bits per heavy atom. The molecular weight excluding hydrogens is 228 g/mol. The fourth-order valence-electron chi connectivity index (χ4n) is 1.40. The molecule has 0 aliphatic carbocycles. The highest BCUT2D eigenvalue weighted by Gasteiger charge is 2.09. The molecule has 0 saturated carbocycles. The van der Waals surface area contributed by atoms with Gasteiger partial charge in [0.15, 0.2) is 0 Å². The number of hydrogen-bond donors (Lipinski definition) is 2. The van der Waals surface area contributed by atoms with Crippen LogP contribution in [0.3, 0.4) is 0 Å². The average molecular weight is 248 g/mol. The number of benzene rings is 1. The van der Waals surface area contributed by atoms with Crippen molar-refractivity contribution in [3.05, 3.63) is 29.3 Å². The van der Waals surface area contributed by atoms with Crippen LogP contribution in [-0.2, 0) is 9.59 Å². The third-order valence-electron chi connectivity index (χ3n) is 2.74. The second-order valence-electron chi connectivity index (χ2n) is 4.72. The standard InChI is InChI=1S/C14H20N2O2/c1-9(2)14(18)15-8-13(17)16-12-6-5-10(3)11(4)7-12/h5-7,9H,8H2,1-4H3,(H,15,18)(H,16,17). The van der Waals surface area contributed by atoms with Crippen molar-refractivity contribution in [3.8, 4) is 0 Å². The zero-order valence-electron chi connectivity index (χ0n) is 11.3. The van der Waals surface area contributed by atoms with Crippen LogP contribution in [0.5, 0.6) is 0 Å². The van der Waals surface area contributed by atoms with Crippen LogP contribution in [0.15, 0.2) is 18.2 Å². The maximum atomic E-state index is 11.6. The van der Waals surface area contributed by atoms with E-state index in [-0.39, 0.29) is 24.3 Å². The maximum absolute atomic E-state index is 11.6. The summed E-state index contributed by atoms with van der Waals surface area (Å²) in [6.45, 7) is 7.59. The molecule has 0 aliphatic rings. The zero-order chi connectivity index (χ0) is 13.7. The topological polar surface area (TPSA) is 58.2 Å². The van der Waals surface area contributed by atoms with E-state index in [1.54, 1.807) is 13.8 Å². The fourth-order valence-corrected chi connectivity index (χ4v) is 1.40. The van der Waals surface area contributed by atoms with E-state index in [1.165, 1.54) is 5.56 Å². The van der Waals surface area contributed by atoms with Crippen LogP contribution < -0.4 is 10.6 Å². The Bertz CT molecular complexity index is 453. The molecule has 0 aliphatic heterocycles. The van der Waals surface area contributed by atoms with Crippen LogP contribution in [0.1, 0.15) is 25.0 Å². The Morgan fingerprint density at radius 2 is 1.83 bits per heavy atom. The number of anilines is 1. The molecule has 0 fully saturated rings. The molecule has 4 nitrogen and oxygen atoms in total. The van der Waals surface area contributed by atoms with Crippen molar-refractivity contribution in [2.75, 3.05) is 11.9 Å². The summed E-state index contributed by atoms with van der Waals surface area (Å²) in [7, 11) is 0. The zero-order valence-corrected chi connectivity index (χ0v) is 11.3. The molecule has 1 aromatic rings. The second-order valence-corrected chi connectivity index (χ2v) is 4.72. The van der Waals surface area contributed by atoms with Gasteiger partial charge in [0.25, 0.3) is 0 Å². The van der Waals surface area contributed by atoms with Gasteiger partial charge in [0.05, 0.1) is 6.54 Å². The summed E-state index contributed by atoms with van der Waals surface area (Å²) in [6.07, 6.45) is 0. The molecule has 0 heterocycles. The lowest BCUT2D eigenvalue weighted by Crippen LogP contribution is -2.35. The molecule has 0 saturated heterocycles. The number of carbonyl (C=O) groups excluding carboxylic acids is 2. The van der Waals surface area contributed by atoms with Gasteiger partial charge >= 0.3 is 0 Å². The lowest BCUT2D eigenvalue weighted by Gasteiger charge is -2.09. The summed E-state index contributed by atoms with van der Waals surface area (Å²) in [4.78, 5) is 22.9. The highest BCUT2D eigenvalue weighted by Crippen LogP contribution is 2.13.